The minimum atomic E-state index is 0.962. The standard InChI is InChI=1S/C12H22N2S4/c1-3-8-13(4-2)11(15)17-18-12(16)14-9-6-5-7-10-14/h3-10H2,1-2H3. The van der Waals surface area contributed by atoms with E-state index >= 15 is 0 Å². The largest absolute Gasteiger partial charge is 0.357 e. The first-order chi connectivity index (χ1) is 8.69. The van der Waals surface area contributed by atoms with Crippen LogP contribution in [0.1, 0.15) is 39.5 Å². The molecular formula is C12H22N2S4. The van der Waals surface area contributed by atoms with E-state index in [-0.39, 0.29) is 0 Å². The van der Waals surface area contributed by atoms with Crippen LogP contribution in [0.25, 0.3) is 0 Å². The van der Waals surface area contributed by atoms with Crippen LogP contribution in [-0.2, 0) is 0 Å². The Hall–Kier alpha value is 0.480. The fourth-order valence-corrected chi connectivity index (χ4v) is 4.73. The number of thiocarbonyl (C=S) groups is 2. The lowest BCUT2D eigenvalue weighted by Gasteiger charge is -2.29. The van der Waals surface area contributed by atoms with Crippen LogP contribution in [-0.4, -0.2) is 44.6 Å². The lowest BCUT2D eigenvalue weighted by atomic mass is 10.1. The van der Waals surface area contributed by atoms with Gasteiger partial charge in [0.05, 0.1) is 0 Å². The van der Waals surface area contributed by atoms with Crippen LogP contribution in [0.4, 0.5) is 0 Å². The Bertz CT molecular complexity index is 260. The van der Waals surface area contributed by atoms with Crippen molar-refractivity contribution in [2.24, 2.45) is 0 Å². The molecule has 0 aromatic rings. The average Bonchev–Trinajstić information content (AvgIpc) is 2.42. The van der Waals surface area contributed by atoms with Crippen LogP contribution in [0.15, 0.2) is 0 Å². The van der Waals surface area contributed by atoms with Crippen molar-refractivity contribution >= 4 is 54.7 Å². The van der Waals surface area contributed by atoms with E-state index in [1.807, 2.05) is 0 Å². The monoisotopic (exact) mass is 322 g/mol. The predicted molar refractivity (Wildman–Crippen MR) is 93.3 cm³/mol. The lowest BCUT2D eigenvalue weighted by molar-refractivity contribution is 0.352. The molecule has 1 aliphatic heterocycles. The molecule has 1 heterocycles. The van der Waals surface area contributed by atoms with Gasteiger partial charge in [-0.1, -0.05) is 31.4 Å². The predicted octanol–water partition coefficient (Wildman–Crippen LogP) is 4.16. The molecule has 1 saturated heterocycles. The highest BCUT2D eigenvalue weighted by Gasteiger charge is 2.16. The average molecular weight is 323 g/mol. The second kappa shape index (κ2) is 9.39. The minimum absolute atomic E-state index is 0.962. The third-order valence-corrected chi connectivity index (χ3v) is 6.66. The number of nitrogens with zero attached hydrogens (tertiary/aromatic N) is 2. The highest BCUT2D eigenvalue weighted by atomic mass is 33.1. The van der Waals surface area contributed by atoms with Crippen LogP contribution >= 0.6 is 46.0 Å². The molecule has 1 fully saturated rings. The van der Waals surface area contributed by atoms with Gasteiger partial charge in [-0.15, -0.1) is 0 Å². The van der Waals surface area contributed by atoms with Gasteiger partial charge in [0.1, 0.15) is 8.64 Å². The third kappa shape index (κ3) is 5.63. The van der Waals surface area contributed by atoms with E-state index in [1.54, 1.807) is 21.6 Å². The van der Waals surface area contributed by atoms with Crippen molar-refractivity contribution in [2.45, 2.75) is 39.5 Å². The zero-order chi connectivity index (χ0) is 13.4. The Kier molecular flexibility index (Phi) is 8.63. The van der Waals surface area contributed by atoms with E-state index in [9.17, 15) is 0 Å². The van der Waals surface area contributed by atoms with Crippen molar-refractivity contribution in [1.29, 1.82) is 0 Å². The van der Waals surface area contributed by atoms with Crippen molar-refractivity contribution in [3.05, 3.63) is 0 Å². The number of rotatable bonds is 3. The molecule has 6 heteroatoms. The zero-order valence-corrected chi connectivity index (χ0v) is 14.5. The summed E-state index contributed by atoms with van der Waals surface area (Å²) in [6.07, 6.45) is 5.02. The van der Waals surface area contributed by atoms with Crippen molar-refractivity contribution in [1.82, 2.24) is 9.80 Å². The fourth-order valence-electron chi connectivity index (χ4n) is 1.90. The molecule has 1 aliphatic rings. The molecule has 0 atom stereocenters. The molecular weight excluding hydrogens is 300 g/mol. The second-order valence-corrected chi connectivity index (χ2v) is 7.72. The molecule has 18 heavy (non-hydrogen) atoms. The smallest absolute Gasteiger partial charge is 0.147 e. The molecule has 0 N–H and O–H groups in total. The van der Waals surface area contributed by atoms with Gasteiger partial charge in [0, 0.05) is 26.2 Å². The Morgan fingerprint density at radius 2 is 1.78 bits per heavy atom. The number of hydrogen-bond acceptors (Lipinski definition) is 4. The van der Waals surface area contributed by atoms with Gasteiger partial charge in [-0.05, 0) is 54.2 Å². The van der Waals surface area contributed by atoms with Crippen molar-refractivity contribution < 1.29 is 0 Å². The van der Waals surface area contributed by atoms with E-state index in [4.69, 9.17) is 24.4 Å². The number of likely N-dealkylation sites (tertiary alicyclic amines) is 1. The summed E-state index contributed by atoms with van der Waals surface area (Å²) in [4.78, 5) is 4.56. The molecule has 0 saturated carbocycles. The Labute approximate surface area is 130 Å². The maximum Gasteiger partial charge on any atom is 0.147 e. The number of hydrogen-bond donors (Lipinski definition) is 0. The van der Waals surface area contributed by atoms with Gasteiger partial charge in [0.25, 0.3) is 0 Å². The highest BCUT2D eigenvalue weighted by molar-refractivity contribution is 8.89. The van der Waals surface area contributed by atoms with Crippen LogP contribution in [0.2, 0.25) is 0 Å². The van der Waals surface area contributed by atoms with Gasteiger partial charge in [-0.25, -0.2) is 0 Å². The molecule has 104 valence electrons. The zero-order valence-electron chi connectivity index (χ0n) is 11.2. The van der Waals surface area contributed by atoms with Crippen molar-refractivity contribution in [3.63, 3.8) is 0 Å². The molecule has 0 aromatic heterocycles. The molecule has 2 nitrogen and oxygen atoms in total. The Balaban J connectivity index is 2.30. The van der Waals surface area contributed by atoms with E-state index in [0.717, 1.165) is 41.2 Å². The molecule has 0 unspecified atom stereocenters. The topological polar surface area (TPSA) is 6.48 Å². The summed E-state index contributed by atoms with van der Waals surface area (Å²) in [6.45, 7) is 8.59. The van der Waals surface area contributed by atoms with Gasteiger partial charge in [-0.3, -0.25) is 0 Å². The van der Waals surface area contributed by atoms with Gasteiger partial charge in [0.2, 0.25) is 0 Å². The van der Waals surface area contributed by atoms with Gasteiger partial charge < -0.3 is 9.80 Å². The third-order valence-electron chi connectivity index (χ3n) is 2.93. The maximum atomic E-state index is 5.47. The van der Waals surface area contributed by atoms with Gasteiger partial charge in [-0.2, -0.15) is 0 Å². The summed E-state index contributed by atoms with van der Waals surface area (Å²) in [5.41, 5.74) is 0. The molecule has 0 aliphatic carbocycles. The fraction of sp³-hybridized carbons (Fsp3) is 0.833. The van der Waals surface area contributed by atoms with Crippen LogP contribution in [0, 0.1) is 0 Å². The molecule has 0 amide bonds. The van der Waals surface area contributed by atoms with Crippen LogP contribution in [0.5, 0.6) is 0 Å². The quantitative estimate of drug-likeness (QED) is 0.564. The Morgan fingerprint density at radius 3 is 2.33 bits per heavy atom. The molecule has 0 bridgehead atoms. The summed E-state index contributed by atoms with van der Waals surface area (Å²) < 4.78 is 1.96. The first-order valence-corrected chi connectivity index (χ1v) is 9.58. The van der Waals surface area contributed by atoms with E-state index in [2.05, 4.69) is 23.6 Å². The van der Waals surface area contributed by atoms with Gasteiger partial charge >= 0.3 is 0 Å². The van der Waals surface area contributed by atoms with E-state index in [1.165, 1.54) is 19.3 Å². The van der Waals surface area contributed by atoms with Crippen LogP contribution < -0.4 is 0 Å². The molecule has 0 spiro atoms. The van der Waals surface area contributed by atoms with E-state index < -0.39 is 0 Å². The molecule has 0 aromatic carbocycles. The first kappa shape index (κ1) is 16.5. The van der Waals surface area contributed by atoms with Crippen molar-refractivity contribution in [3.8, 4) is 0 Å². The highest BCUT2D eigenvalue weighted by Crippen LogP contribution is 2.29. The maximum absolute atomic E-state index is 5.47. The first-order valence-electron chi connectivity index (χ1n) is 6.61. The Morgan fingerprint density at radius 1 is 1.11 bits per heavy atom. The summed E-state index contributed by atoms with van der Waals surface area (Å²) in [5.74, 6) is 0. The van der Waals surface area contributed by atoms with Crippen molar-refractivity contribution in [2.75, 3.05) is 26.2 Å². The van der Waals surface area contributed by atoms with E-state index in [0.29, 0.717) is 0 Å². The SMILES string of the molecule is CCCN(CC)C(=S)SSC(=S)N1CCCCC1. The summed E-state index contributed by atoms with van der Waals surface area (Å²) in [6, 6.07) is 0. The van der Waals surface area contributed by atoms with Crippen LogP contribution in [0.3, 0.4) is 0 Å². The molecule has 1 rings (SSSR count). The lowest BCUT2D eigenvalue weighted by Crippen LogP contribution is -2.33. The van der Waals surface area contributed by atoms with Gasteiger partial charge in [0.15, 0.2) is 0 Å². The normalized spacial score (nSPS) is 15.6. The second-order valence-electron chi connectivity index (χ2n) is 4.33. The molecule has 0 radical (unpaired) electrons. The summed E-state index contributed by atoms with van der Waals surface area (Å²) >= 11 is 10.9. The summed E-state index contributed by atoms with van der Waals surface area (Å²) in [5, 5.41) is 0. The number of piperidine rings is 1. The summed E-state index contributed by atoms with van der Waals surface area (Å²) in [7, 11) is 3.29. The minimum Gasteiger partial charge on any atom is -0.357 e.